The average molecular weight is 260 g/mol. The molecule has 2 nitrogen and oxygen atoms in total. The standard InChI is InChI=1S/C17H24O2/c1-12-4-2-6-14(10-12)19-15-8-9-16-13(11-15)5-3-7-17(16)18/h8-9,11-12,14,17-18H,2-7,10H2,1H3. The summed E-state index contributed by atoms with van der Waals surface area (Å²) in [6.07, 6.45) is 8.16. The van der Waals surface area contributed by atoms with E-state index in [0.717, 1.165) is 36.5 Å². The van der Waals surface area contributed by atoms with Crippen molar-refractivity contribution in [1.82, 2.24) is 0 Å². The molecule has 2 aliphatic rings. The molecule has 1 N–H and O–H groups in total. The second kappa shape index (κ2) is 5.54. The Hall–Kier alpha value is -1.02. The smallest absolute Gasteiger partial charge is 0.120 e. The molecule has 0 spiro atoms. The molecule has 1 aromatic rings. The van der Waals surface area contributed by atoms with Crippen LogP contribution >= 0.6 is 0 Å². The Bertz CT molecular complexity index is 441. The summed E-state index contributed by atoms with van der Waals surface area (Å²) < 4.78 is 6.15. The normalized spacial score (nSPS) is 30.7. The van der Waals surface area contributed by atoms with Crippen molar-refractivity contribution < 1.29 is 9.84 Å². The molecule has 104 valence electrons. The zero-order valence-electron chi connectivity index (χ0n) is 11.8. The van der Waals surface area contributed by atoms with Crippen LogP contribution in [0.3, 0.4) is 0 Å². The van der Waals surface area contributed by atoms with Gasteiger partial charge in [-0.15, -0.1) is 0 Å². The summed E-state index contributed by atoms with van der Waals surface area (Å²) in [7, 11) is 0. The van der Waals surface area contributed by atoms with Crippen LogP contribution < -0.4 is 4.74 Å². The summed E-state index contributed by atoms with van der Waals surface area (Å²) in [6, 6.07) is 6.24. The molecule has 2 heteroatoms. The molecule has 0 saturated heterocycles. The Kier molecular flexibility index (Phi) is 3.79. The Morgan fingerprint density at radius 3 is 2.89 bits per heavy atom. The van der Waals surface area contributed by atoms with Gasteiger partial charge in [0.05, 0.1) is 12.2 Å². The molecule has 0 aromatic heterocycles. The average Bonchev–Trinajstić information content (AvgIpc) is 2.39. The van der Waals surface area contributed by atoms with Crippen molar-refractivity contribution in [2.45, 2.75) is 64.1 Å². The molecule has 0 radical (unpaired) electrons. The van der Waals surface area contributed by atoms with Gasteiger partial charge in [-0.3, -0.25) is 0 Å². The zero-order chi connectivity index (χ0) is 13.2. The van der Waals surface area contributed by atoms with E-state index < -0.39 is 0 Å². The lowest BCUT2D eigenvalue weighted by atomic mass is 9.88. The van der Waals surface area contributed by atoms with Gasteiger partial charge in [0, 0.05) is 0 Å². The molecule has 3 unspecified atom stereocenters. The van der Waals surface area contributed by atoms with Gasteiger partial charge >= 0.3 is 0 Å². The maximum Gasteiger partial charge on any atom is 0.120 e. The first-order valence-corrected chi connectivity index (χ1v) is 7.70. The molecule has 1 fully saturated rings. The van der Waals surface area contributed by atoms with Crippen LogP contribution in [-0.2, 0) is 6.42 Å². The summed E-state index contributed by atoms with van der Waals surface area (Å²) >= 11 is 0. The van der Waals surface area contributed by atoms with Crippen molar-refractivity contribution in [2.24, 2.45) is 5.92 Å². The molecule has 0 amide bonds. The van der Waals surface area contributed by atoms with Crippen LogP contribution in [0.4, 0.5) is 0 Å². The fraction of sp³-hybridized carbons (Fsp3) is 0.647. The Morgan fingerprint density at radius 1 is 1.16 bits per heavy atom. The fourth-order valence-electron chi connectivity index (χ4n) is 3.52. The van der Waals surface area contributed by atoms with Gasteiger partial charge in [0.25, 0.3) is 0 Å². The number of benzene rings is 1. The highest BCUT2D eigenvalue weighted by molar-refractivity contribution is 5.38. The van der Waals surface area contributed by atoms with Gasteiger partial charge in [-0.2, -0.15) is 0 Å². The van der Waals surface area contributed by atoms with E-state index in [0.29, 0.717) is 6.10 Å². The predicted octanol–water partition coefficient (Wildman–Crippen LogP) is 4.01. The first kappa shape index (κ1) is 13.0. The lowest BCUT2D eigenvalue weighted by Crippen LogP contribution is -2.24. The third-order valence-electron chi connectivity index (χ3n) is 4.59. The van der Waals surface area contributed by atoms with Crippen LogP contribution in [0.5, 0.6) is 5.75 Å². The van der Waals surface area contributed by atoms with Crippen LogP contribution in [0, 0.1) is 5.92 Å². The number of ether oxygens (including phenoxy) is 1. The minimum atomic E-state index is -0.271. The Balaban J connectivity index is 1.71. The fourth-order valence-corrected chi connectivity index (χ4v) is 3.52. The lowest BCUT2D eigenvalue weighted by molar-refractivity contribution is 0.128. The Morgan fingerprint density at radius 2 is 2.05 bits per heavy atom. The molecule has 2 aliphatic carbocycles. The van der Waals surface area contributed by atoms with E-state index in [4.69, 9.17) is 4.74 Å². The maximum absolute atomic E-state index is 9.97. The van der Waals surface area contributed by atoms with E-state index in [1.54, 1.807) is 0 Å². The second-order valence-corrected chi connectivity index (χ2v) is 6.28. The Labute approximate surface area is 115 Å². The number of aliphatic hydroxyl groups is 1. The lowest BCUT2D eigenvalue weighted by Gasteiger charge is -2.28. The first-order chi connectivity index (χ1) is 9.22. The molecule has 0 heterocycles. The van der Waals surface area contributed by atoms with E-state index in [1.165, 1.54) is 31.2 Å². The monoisotopic (exact) mass is 260 g/mol. The third kappa shape index (κ3) is 2.94. The quantitative estimate of drug-likeness (QED) is 0.870. The van der Waals surface area contributed by atoms with E-state index in [1.807, 2.05) is 6.07 Å². The van der Waals surface area contributed by atoms with Gasteiger partial charge in [0.2, 0.25) is 0 Å². The number of aryl methyl sites for hydroxylation is 1. The van der Waals surface area contributed by atoms with E-state index in [9.17, 15) is 5.11 Å². The molecule has 1 aromatic carbocycles. The highest BCUT2D eigenvalue weighted by Gasteiger charge is 2.22. The number of hydrogen-bond donors (Lipinski definition) is 1. The van der Waals surface area contributed by atoms with Crippen molar-refractivity contribution in [3.8, 4) is 5.75 Å². The van der Waals surface area contributed by atoms with E-state index in [2.05, 4.69) is 19.1 Å². The first-order valence-electron chi connectivity index (χ1n) is 7.70. The summed E-state index contributed by atoms with van der Waals surface area (Å²) in [5.41, 5.74) is 2.38. The number of hydrogen-bond acceptors (Lipinski definition) is 2. The largest absolute Gasteiger partial charge is 0.490 e. The molecular formula is C17H24O2. The number of rotatable bonds is 2. The van der Waals surface area contributed by atoms with Crippen molar-refractivity contribution in [1.29, 1.82) is 0 Å². The number of fused-ring (bicyclic) bond motifs is 1. The molecule has 0 aliphatic heterocycles. The number of aliphatic hydroxyl groups excluding tert-OH is 1. The third-order valence-corrected chi connectivity index (χ3v) is 4.59. The van der Waals surface area contributed by atoms with E-state index in [-0.39, 0.29) is 6.10 Å². The molecular weight excluding hydrogens is 236 g/mol. The van der Waals surface area contributed by atoms with Gasteiger partial charge in [0.15, 0.2) is 0 Å². The van der Waals surface area contributed by atoms with Gasteiger partial charge in [0.1, 0.15) is 5.75 Å². The molecule has 0 bridgehead atoms. The van der Waals surface area contributed by atoms with Crippen LogP contribution in [0.25, 0.3) is 0 Å². The molecule has 19 heavy (non-hydrogen) atoms. The summed E-state index contributed by atoms with van der Waals surface area (Å²) in [5.74, 6) is 1.78. The van der Waals surface area contributed by atoms with Crippen LogP contribution in [0.2, 0.25) is 0 Å². The highest BCUT2D eigenvalue weighted by atomic mass is 16.5. The summed E-state index contributed by atoms with van der Waals surface area (Å²) in [6.45, 7) is 2.32. The second-order valence-electron chi connectivity index (χ2n) is 6.28. The minimum absolute atomic E-state index is 0.271. The summed E-state index contributed by atoms with van der Waals surface area (Å²) in [5, 5.41) is 9.97. The molecule has 3 rings (SSSR count). The van der Waals surface area contributed by atoms with Crippen molar-refractivity contribution in [3.63, 3.8) is 0 Å². The van der Waals surface area contributed by atoms with Crippen LogP contribution in [0.1, 0.15) is 62.7 Å². The van der Waals surface area contributed by atoms with Crippen LogP contribution in [0.15, 0.2) is 18.2 Å². The van der Waals surface area contributed by atoms with Crippen molar-refractivity contribution in [3.05, 3.63) is 29.3 Å². The maximum atomic E-state index is 9.97. The minimum Gasteiger partial charge on any atom is -0.490 e. The van der Waals surface area contributed by atoms with Crippen LogP contribution in [-0.4, -0.2) is 11.2 Å². The predicted molar refractivity (Wildman–Crippen MR) is 76.4 cm³/mol. The molecule has 1 saturated carbocycles. The van der Waals surface area contributed by atoms with Gasteiger partial charge in [-0.1, -0.05) is 19.4 Å². The highest BCUT2D eigenvalue weighted by Crippen LogP contribution is 2.33. The summed E-state index contributed by atoms with van der Waals surface area (Å²) in [4.78, 5) is 0. The van der Waals surface area contributed by atoms with Gasteiger partial charge in [-0.05, 0) is 67.7 Å². The van der Waals surface area contributed by atoms with Gasteiger partial charge < -0.3 is 9.84 Å². The van der Waals surface area contributed by atoms with E-state index >= 15 is 0 Å². The zero-order valence-corrected chi connectivity index (χ0v) is 11.8. The molecule has 3 atom stereocenters. The van der Waals surface area contributed by atoms with Crippen molar-refractivity contribution in [2.75, 3.05) is 0 Å². The van der Waals surface area contributed by atoms with Gasteiger partial charge in [-0.25, -0.2) is 0 Å². The SMILES string of the molecule is CC1CCCC(Oc2ccc3c(c2)CCCC3O)C1. The van der Waals surface area contributed by atoms with Crippen molar-refractivity contribution >= 4 is 0 Å². The topological polar surface area (TPSA) is 29.5 Å².